The lowest BCUT2D eigenvalue weighted by atomic mass is 10.1. The molecule has 0 unspecified atom stereocenters. The maximum atomic E-state index is 13.1. The summed E-state index contributed by atoms with van der Waals surface area (Å²) in [7, 11) is 0. The van der Waals surface area contributed by atoms with Crippen molar-refractivity contribution in [3.63, 3.8) is 0 Å². The summed E-state index contributed by atoms with van der Waals surface area (Å²) in [6.45, 7) is 3.96. The van der Waals surface area contributed by atoms with Gasteiger partial charge in [0.05, 0.1) is 17.1 Å². The van der Waals surface area contributed by atoms with Gasteiger partial charge in [0.25, 0.3) is 0 Å². The average molecular weight is 407 g/mol. The molecule has 3 aromatic rings. The van der Waals surface area contributed by atoms with Crippen molar-refractivity contribution in [3.8, 4) is 5.82 Å². The predicted molar refractivity (Wildman–Crippen MR) is 103 cm³/mol. The van der Waals surface area contributed by atoms with E-state index in [2.05, 4.69) is 15.4 Å². The quantitative estimate of drug-likeness (QED) is 0.690. The molecule has 2 heterocycles. The summed E-state index contributed by atoms with van der Waals surface area (Å²) in [5.41, 5.74) is 3.06. The van der Waals surface area contributed by atoms with Gasteiger partial charge in [-0.1, -0.05) is 29.3 Å². The molecule has 0 radical (unpaired) electrons. The molecule has 0 bridgehead atoms. The zero-order valence-corrected chi connectivity index (χ0v) is 16.3. The lowest BCUT2D eigenvalue weighted by Gasteiger charge is -2.08. The van der Waals surface area contributed by atoms with Crippen LogP contribution < -0.4 is 5.32 Å². The number of nitrogens with zero attached hydrogens (tertiary/aromatic N) is 3. The summed E-state index contributed by atoms with van der Waals surface area (Å²) in [4.78, 5) is 16.6. The van der Waals surface area contributed by atoms with Crippen LogP contribution in [0.4, 0.5) is 4.39 Å². The van der Waals surface area contributed by atoms with Crippen molar-refractivity contribution in [2.45, 2.75) is 26.8 Å². The molecule has 140 valence electrons. The molecule has 0 spiro atoms. The Morgan fingerprint density at radius 3 is 2.67 bits per heavy atom. The second-order valence-electron chi connectivity index (χ2n) is 6.09. The Balaban J connectivity index is 1.71. The van der Waals surface area contributed by atoms with E-state index in [0.29, 0.717) is 16.4 Å². The Morgan fingerprint density at radius 2 is 2.00 bits per heavy atom. The van der Waals surface area contributed by atoms with Crippen LogP contribution in [0.2, 0.25) is 10.0 Å². The first kappa shape index (κ1) is 19.3. The van der Waals surface area contributed by atoms with Gasteiger partial charge in [0.15, 0.2) is 5.82 Å². The highest BCUT2D eigenvalue weighted by atomic mass is 35.5. The van der Waals surface area contributed by atoms with Crippen LogP contribution in [0.25, 0.3) is 5.82 Å². The zero-order chi connectivity index (χ0) is 19.6. The summed E-state index contributed by atoms with van der Waals surface area (Å²) in [6, 6.07) is 7.59. The molecule has 27 heavy (non-hydrogen) atoms. The molecule has 2 aromatic heterocycles. The Hall–Kier alpha value is -2.44. The van der Waals surface area contributed by atoms with Gasteiger partial charge < -0.3 is 5.32 Å². The minimum Gasteiger partial charge on any atom is -0.352 e. The van der Waals surface area contributed by atoms with Crippen molar-refractivity contribution in [1.82, 2.24) is 20.1 Å². The van der Waals surface area contributed by atoms with E-state index in [-0.39, 0.29) is 23.9 Å². The van der Waals surface area contributed by atoms with E-state index in [1.54, 1.807) is 29.1 Å². The van der Waals surface area contributed by atoms with Gasteiger partial charge in [-0.05, 0) is 43.7 Å². The van der Waals surface area contributed by atoms with Crippen molar-refractivity contribution in [1.29, 1.82) is 0 Å². The third-order valence-corrected chi connectivity index (χ3v) is 4.77. The average Bonchev–Trinajstić information content (AvgIpc) is 2.90. The summed E-state index contributed by atoms with van der Waals surface area (Å²) < 4.78 is 14.8. The number of rotatable bonds is 5. The minimum absolute atomic E-state index is 0.171. The standard InChI is InChI=1S/C19H17Cl2FN4O/c1-11-16(12(2)26(25-11)18-6-4-14(20)10-23-18)8-19(27)24-9-13-3-5-15(22)7-17(13)21/h3-7,10H,8-9H2,1-2H3,(H,24,27). The number of amides is 1. The Labute approximate surface area is 166 Å². The van der Waals surface area contributed by atoms with Crippen LogP contribution in [0.1, 0.15) is 22.5 Å². The number of pyridine rings is 1. The fraction of sp³-hybridized carbons (Fsp3) is 0.211. The monoisotopic (exact) mass is 406 g/mol. The van der Waals surface area contributed by atoms with Crippen molar-refractivity contribution in [3.05, 3.63) is 74.9 Å². The van der Waals surface area contributed by atoms with Crippen LogP contribution >= 0.6 is 23.2 Å². The molecule has 0 aliphatic carbocycles. The Kier molecular flexibility index (Phi) is 5.77. The molecule has 8 heteroatoms. The zero-order valence-electron chi connectivity index (χ0n) is 14.8. The third kappa shape index (κ3) is 4.46. The molecule has 0 saturated carbocycles. The van der Waals surface area contributed by atoms with Gasteiger partial charge in [0.1, 0.15) is 5.82 Å². The molecule has 1 amide bonds. The molecular formula is C19H17Cl2FN4O. The fourth-order valence-electron chi connectivity index (χ4n) is 2.73. The highest BCUT2D eigenvalue weighted by Gasteiger charge is 2.16. The topological polar surface area (TPSA) is 59.8 Å². The van der Waals surface area contributed by atoms with E-state index >= 15 is 0 Å². The number of aryl methyl sites for hydroxylation is 1. The van der Waals surface area contributed by atoms with E-state index in [1.165, 1.54) is 12.1 Å². The minimum atomic E-state index is -0.412. The van der Waals surface area contributed by atoms with Gasteiger partial charge in [-0.25, -0.2) is 14.1 Å². The molecule has 0 fully saturated rings. The van der Waals surface area contributed by atoms with E-state index in [9.17, 15) is 9.18 Å². The number of nitrogens with one attached hydrogen (secondary N) is 1. The smallest absolute Gasteiger partial charge is 0.224 e. The SMILES string of the molecule is Cc1nn(-c2ccc(Cl)cn2)c(C)c1CC(=O)NCc1ccc(F)cc1Cl. The van der Waals surface area contributed by atoms with Crippen molar-refractivity contribution in [2.75, 3.05) is 0 Å². The molecule has 0 aliphatic heterocycles. The second kappa shape index (κ2) is 8.06. The molecule has 1 aromatic carbocycles. The third-order valence-electron chi connectivity index (χ3n) is 4.20. The maximum Gasteiger partial charge on any atom is 0.224 e. The normalized spacial score (nSPS) is 10.9. The van der Waals surface area contributed by atoms with Crippen LogP contribution in [0.3, 0.4) is 0 Å². The van der Waals surface area contributed by atoms with Gasteiger partial charge in [0, 0.05) is 29.0 Å². The van der Waals surface area contributed by atoms with Gasteiger partial charge in [-0.2, -0.15) is 5.10 Å². The van der Waals surface area contributed by atoms with Gasteiger partial charge in [-0.3, -0.25) is 4.79 Å². The molecule has 0 aliphatic rings. The van der Waals surface area contributed by atoms with E-state index in [4.69, 9.17) is 23.2 Å². The Morgan fingerprint density at radius 1 is 1.22 bits per heavy atom. The first-order chi connectivity index (χ1) is 12.8. The van der Waals surface area contributed by atoms with Crippen molar-refractivity contribution in [2.24, 2.45) is 0 Å². The van der Waals surface area contributed by atoms with Gasteiger partial charge >= 0.3 is 0 Å². The molecule has 3 rings (SSSR count). The summed E-state index contributed by atoms with van der Waals surface area (Å²) >= 11 is 11.9. The molecular weight excluding hydrogens is 390 g/mol. The number of halogens is 3. The maximum absolute atomic E-state index is 13.1. The van der Waals surface area contributed by atoms with Gasteiger partial charge in [0.2, 0.25) is 5.91 Å². The number of benzene rings is 1. The largest absolute Gasteiger partial charge is 0.352 e. The Bertz CT molecular complexity index is 986. The molecule has 0 atom stereocenters. The first-order valence-corrected chi connectivity index (χ1v) is 8.98. The predicted octanol–water partition coefficient (Wildman–Crippen LogP) is 4.19. The molecule has 0 saturated heterocycles. The lowest BCUT2D eigenvalue weighted by molar-refractivity contribution is -0.120. The number of hydrogen-bond acceptors (Lipinski definition) is 3. The van der Waals surface area contributed by atoms with Crippen LogP contribution in [-0.4, -0.2) is 20.7 Å². The summed E-state index contributed by atoms with van der Waals surface area (Å²) in [5.74, 6) is 0.0412. The number of aromatic nitrogens is 3. The van der Waals surface area contributed by atoms with E-state index in [1.807, 2.05) is 13.8 Å². The van der Waals surface area contributed by atoms with Crippen LogP contribution in [0, 0.1) is 19.7 Å². The molecule has 1 N–H and O–H groups in total. The number of carbonyl (C=O) groups is 1. The van der Waals surface area contributed by atoms with Gasteiger partial charge in [-0.15, -0.1) is 0 Å². The summed E-state index contributed by atoms with van der Waals surface area (Å²) in [5, 5.41) is 8.10. The van der Waals surface area contributed by atoms with Crippen molar-refractivity contribution < 1.29 is 9.18 Å². The van der Waals surface area contributed by atoms with Crippen LogP contribution in [0.5, 0.6) is 0 Å². The van der Waals surface area contributed by atoms with Crippen molar-refractivity contribution >= 4 is 29.1 Å². The highest BCUT2D eigenvalue weighted by molar-refractivity contribution is 6.31. The fourth-order valence-corrected chi connectivity index (χ4v) is 3.07. The summed E-state index contributed by atoms with van der Waals surface area (Å²) in [6.07, 6.45) is 1.72. The van der Waals surface area contributed by atoms with E-state index in [0.717, 1.165) is 17.0 Å². The number of hydrogen-bond donors (Lipinski definition) is 1. The second-order valence-corrected chi connectivity index (χ2v) is 6.93. The molecule has 5 nitrogen and oxygen atoms in total. The van der Waals surface area contributed by atoms with Crippen LogP contribution in [-0.2, 0) is 17.8 Å². The highest BCUT2D eigenvalue weighted by Crippen LogP contribution is 2.19. The lowest BCUT2D eigenvalue weighted by Crippen LogP contribution is -2.25. The number of carbonyl (C=O) groups excluding carboxylic acids is 1. The first-order valence-electron chi connectivity index (χ1n) is 8.23. The van der Waals surface area contributed by atoms with E-state index < -0.39 is 5.82 Å². The van der Waals surface area contributed by atoms with Crippen LogP contribution in [0.15, 0.2) is 36.5 Å².